The van der Waals surface area contributed by atoms with E-state index in [1.807, 2.05) is 11.3 Å². The average molecular weight is 398 g/mol. The number of aromatic nitrogens is 1. The van der Waals surface area contributed by atoms with Gasteiger partial charge in [0.05, 0.1) is 20.8 Å². The van der Waals surface area contributed by atoms with Crippen LogP contribution < -0.4 is 9.93 Å². The molecule has 1 aliphatic heterocycles. The first-order valence-corrected chi connectivity index (χ1v) is 10.9. The molecule has 0 fully saturated rings. The van der Waals surface area contributed by atoms with Gasteiger partial charge in [-0.15, -0.1) is 11.3 Å². The lowest BCUT2D eigenvalue weighted by Crippen LogP contribution is -2.34. The number of nitrogens with zero attached hydrogens (tertiary/aromatic N) is 4. The number of hydrogen-bond donors (Lipinski definition) is 0. The topological polar surface area (TPSA) is 22.4 Å². The molecule has 3 rings (SSSR count). The molecule has 150 valence electrons. The highest BCUT2D eigenvalue weighted by atomic mass is 32.1. The highest BCUT2D eigenvalue weighted by Crippen LogP contribution is 2.29. The van der Waals surface area contributed by atoms with Gasteiger partial charge in [-0.1, -0.05) is 6.07 Å². The standard InChI is InChI=1S/C23H33N4S/c1-18-8-10-20-22(16-18)28-23-17-19(9-11-21(23)24-20)27(14-6-12-25(2)3)15-7-13-26(4)5/h8-11,16-17H,6-7,12-15H2,1-5H3/q+1. The molecule has 1 aromatic carbocycles. The SMILES string of the molecule is Cc1ccc2nc3ccc(=[N+](CCCN(C)C)CCCN(C)C)cc-3sc2c1. The molecule has 1 aromatic rings. The Morgan fingerprint density at radius 3 is 2.21 bits per heavy atom. The molecule has 0 spiro atoms. The van der Waals surface area contributed by atoms with Crippen LogP contribution in [0.5, 0.6) is 0 Å². The first-order valence-electron chi connectivity index (χ1n) is 10.1. The fourth-order valence-corrected chi connectivity index (χ4v) is 4.54. The van der Waals surface area contributed by atoms with Gasteiger partial charge in [0.2, 0.25) is 5.36 Å². The lowest BCUT2D eigenvalue weighted by atomic mass is 10.2. The Balaban J connectivity index is 1.98. The van der Waals surface area contributed by atoms with Gasteiger partial charge in [-0.25, -0.2) is 9.56 Å². The molecule has 0 saturated carbocycles. The van der Waals surface area contributed by atoms with E-state index in [0.29, 0.717) is 0 Å². The van der Waals surface area contributed by atoms with E-state index >= 15 is 0 Å². The van der Waals surface area contributed by atoms with Crippen molar-refractivity contribution in [2.75, 3.05) is 54.4 Å². The van der Waals surface area contributed by atoms with E-state index in [2.05, 4.69) is 85.9 Å². The second-order valence-electron chi connectivity index (χ2n) is 8.14. The van der Waals surface area contributed by atoms with Crippen molar-refractivity contribution < 1.29 is 0 Å². The van der Waals surface area contributed by atoms with Crippen LogP contribution in [0.15, 0.2) is 36.4 Å². The average Bonchev–Trinajstić information content (AvgIpc) is 2.64. The van der Waals surface area contributed by atoms with E-state index in [1.54, 1.807) is 0 Å². The number of rotatable bonds is 8. The van der Waals surface area contributed by atoms with E-state index < -0.39 is 0 Å². The quantitative estimate of drug-likeness (QED) is 0.430. The van der Waals surface area contributed by atoms with Crippen molar-refractivity contribution in [1.82, 2.24) is 19.4 Å². The molecule has 0 radical (unpaired) electrons. The minimum atomic E-state index is 1.09. The van der Waals surface area contributed by atoms with Crippen LogP contribution in [-0.2, 0) is 0 Å². The summed E-state index contributed by atoms with van der Waals surface area (Å²) in [5, 5.41) is 1.31. The van der Waals surface area contributed by atoms with Crippen molar-refractivity contribution in [2.45, 2.75) is 19.8 Å². The highest BCUT2D eigenvalue weighted by Gasteiger charge is 2.12. The van der Waals surface area contributed by atoms with Gasteiger partial charge in [0, 0.05) is 38.1 Å². The van der Waals surface area contributed by atoms with Crippen LogP contribution in [0, 0.1) is 6.92 Å². The third-order valence-corrected chi connectivity index (χ3v) is 6.05. The number of fused-ring (bicyclic) bond motifs is 2. The summed E-state index contributed by atoms with van der Waals surface area (Å²) in [6.07, 6.45) is 2.34. The van der Waals surface area contributed by atoms with Crippen LogP contribution >= 0.6 is 11.3 Å². The van der Waals surface area contributed by atoms with E-state index in [9.17, 15) is 0 Å². The normalized spacial score (nSPS) is 11.8. The predicted molar refractivity (Wildman–Crippen MR) is 122 cm³/mol. The van der Waals surface area contributed by atoms with Crippen molar-refractivity contribution in [3.8, 4) is 10.6 Å². The molecule has 1 aliphatic carbocycles. The second kappa shape index (κ2) is 9.59. The minimum absolute atomic E-state index is 1.09. The van der Waals surface area contributed by atoms with Crippen LogP contribution in [0.25, 0.3) is 20.8 Å². The summed E-state index contributed by atoms with van der Waals surface area (Å²) in [6, 6.07) is 13.3. The smallest absolute Gasteiger partial charge is 0.201 e. The lowest BCUT2D eigenvalue weighted by molar-refractivity contribution is 0.366. The lowest BCUT2D eigenvalue weighted by Gasteiger charge is -2.12. The molecule has 2 aliphatic rings. The Hall–Kier alpha value is -1.82. The summed E-state index contributed by atoms with van der Waals surface area (Å²) in [6.45, 7) is 6.55. The van der Waals surface area contributed by atoms with Gasteiger partial charge in [-0.05, 0) is 58.9 Å². The third kappa shape index (κ3) is 5.60. The van der Waals surface area contributed by atoms with E-state index in [-0.39, 0.29) is 0 Å². The number of aryl methyl sites for hydroxylation is 1. The fourth-order valence-electron chi connectivity index (χ4n) is 3.44. The minimum Gasteiger partial charge on any atom is -0.309 e. The van der Waals surface area contributed by atoms with Crippen LogP contribution in [0.2, 0.25) is 0 Å². The zero-order chi connectivity index (χ0) is 20.1. The Morgan fingerprint density at radius 1 is 0.893 bits per heavy atom. The molecule has 5 heteroatoms. The molecule has 0 saturated heterocycles. The van der Waals surface area contributed by atoms with Crippen molar-refractivity contribution >= 4 is 21.6 Å². The Morgan fingerprint density at radius 2 is 1.57 bits per heavy atom. The summed E-state index contributed by atoms with van der Waals surface area (Å²) in [7, 11) is 8.58. The highest BCUT2D eigenvalue weighted by molar-refractivity contribution is 7.21. The summed E-state index contributed by atoms with van der Waals surface area (Å²) < 4.78 is 3.80. The van der Waals surface area contributed by atoms with Gasteiger partial charge >= 0.3 is 0 Å². The summed E-state index contributed by atoms with van der Waals surface area (Å²) in [5.74, 6) is 0. The Labute approximate surface area is 173 Å². The van der Waals surface area contributed by atoms with Gasteiger partial charge in [-0.3, -0.25) is 0 Å². The molecular formula is C23H33N4S+. The van der Waals surface area contributed by atoms with E-state index in [0.717, 1.165) is 37.4 Å². The maximum absolute atomic E-state index is 4.87. The fraction of sp³-hybridized carbons (Fsp3) is 0.478. The third-order valence-electron chi connectivity index (χ3n) is 4.95. The molecule has 0 amide bonds. The zero-order valence-electron chi connectivity index (χ0n) is 17.9. The molecule has 4 nitrogen and oxygen atoms in total. The Kier molecular flexibility index (Phi) is 7.16. The molecule has 1 heterocycles. The van der Waals surface area contributed by atoms with Gasteiger partial charge in [0.25, 0.3) is 0 Å². The van der Waals surface area contributed by atoms with Gasteiger partial charge in [-0.2, -0.15) is 0 Å². The van der Waals surface area contributed by atoms with Crippen molar-refractivity contribution in [2.24, 2.45) is 0 Å². The van der Waals surface area contributed by atoms with Crippen molar-refractivity contribution in [1.29, 1.82) is 0 Å². The monoisotopic (exact) mass is 397 g/mol. The molecule has 0 bridgehead atoms. The molecular weight excluding hydrogens is 364 g/mol. The molecule has 0 atom stereocenters. The predicted octanol–water partition coefficient (Wildman–Crippen LogP) is 3.39. The van der Waals surface area contributed by atoms with Crippen LogP contribution in [-0.4, -0.2) is 69.2 Å². The second-order valence-corrected chi connectivity index (χ2v) is 9.22. The molecule has 0 aromatic heterocycles. The number of benzene rings is 2. The summed E-state index contributed by atoms with van der Waals surface area (Å²) in [4.78, 5) is 10.7. The molecule has 0 N–H and O–H groups in total. The van der Waals surface area contributed by atoms with Crippen molar-refractivity contribution in [3.05, 3.63) is 47.3 Å². The van der Waals surface area contributed by atoms with Gasteiger partial charge < -0.3 is 9.80 Å². The largest absolute Gasteiger partial charge is 0.309 e. The Bertz CT molecular complexity index is 942. The molecule has 0 unspecified atom stereocenters. The van der Waals surface area contributed by atoms with Crippen molar-refractivity contribution in [3.63, 3.8) is 0 Å². The van der Waals surface area contributed by atoms with E-state index in [4.69, 9.17) is 4.98 Å². The van der Waals surface area contributed by atoms with Crippen LogP contribution in [0.3, 0.4) is 0 Å². The summed E-state index contributed by atoms with van der Waals surface area (Å²) >= 11 is 1.85. The first-order chi connectivity index (χ1) is 13.4. The van der Waals surface area contributed by atoms with Gasteiger partial charge in [0.1, 0.15) is 13.1 Å². The molecule has 28 heavy (non-hydrogen) atoms. The van der Waals surface area contributed by atoms with Crippen LogP contribution in [0.1, 0.15) is 18.4 Å². The summed E-state index contributed by atoms with van der Waals surface area (Å²) in [5.41, 5.74) is 3.46. The maximum atomic E-state index is 4.87. The number of hydrogen-bond acceptors (Lipinski definition) is 4. The van der Waals surface area contributed by atoms with E-state index in [1.165, 1.54) is 33.3 Å². The maximum Gasteiger partial charge on any atom is 0.201 e. The first kappa shape index (κ1) is 20.9. The van der Waals surface area contributed by atoms with Crippen LogP contribution in [0.4, 0.5) is 0 Å². The van der Waals surface area contributed by atoms with Gasteiger partial charge in [0.15, 0.2) is 0 Å². The zero-order valence-corrected chi connectivity index (χ0v) is 18.7.